The Morgan fingerprint density at radius 2 is 1.88 bits per heavy atom. The third kappa shape index (κ3) is 4.97. The summed E-state index contributed by atoms with van der Waals surface area (Å²) in [7, 11) is -3.73. The van der Waals surface area contributed by atoms with Crippen molar-refractivity contribution in [2.75, 3.05) is 11.9 Å². The molecular formula is C23H25FN4O3S2. The van der Waals surface area contributed by atoms with E-state index < -0.39 is 27.8 Å². The van der Waals surface area contributed by atoms with E-state index in [2.05, 4.69) is 36.3 Å². The number of sulfonamides is 1. The number of hydrogen-bond acceptors (Lipinski definition) is 6. The maximum atomic E-state index is 13.4. The van der Waals surface area contributed by atoms with Crippen molar-refractivity contribution in [3.8, 4) is 0 Å². The second-order valence-corrected chi connectivity index (χ2v) is 11.9. The quantitative estimate of drug-likeness (QED) is 0.559. The summed E-state index contributed by atoms with van der Waals surface area (Å²) in [6.45, 7) is 6.60. The Hall–Kier alpha value is -2.69. The van der Waals surface area contributed by atoms with Crippen LogP contribution in [0, 0.1) is 5.82 Å². The lowest BCUT2D eigenvalue weighted by Crippen LogP contribution is -2.30. The Morgan fingerprint density at radius 3 is 2.55 bits per heavy atom. The van der Waals surface area contributed by atoms with E-state index in [-0.39, 0.29) is 15.3 Å². The average molecular weight is 489 g/mol. The van der Waals surface area contributed by atoms with Crippen molar-refractivity contribution in [3.05, 3.63) is 69.9 Å². The molecule has 7 nitrogen and oxygen atoms in total. The summed E-state index contributed by atoms with van der Waals surface area (Å²) < 4.78 is 41.5. The molecule has 33 heavy (non-hydrogen) atoms. The topological polar surface area (TPSA) is 92.3 Å². The molecular weight excluding hydrogens is 463 g/mol. The van der Waals surface area contributed by atoms with Crippen LogP contribution < -0.4 is 5.32 Å². The van der Waals surface area contributed by atoms with Crippen molar-refractivity contribution in [1.29, 1.82) is 0 Å². The summed E-state index contributed by atoms with van der Waals surface area (Å²) in [5, 5.41) is 11.2. The first-order valence-corrected chi connectivity index (χ1v) is 12.8. The molecule has 1 aromatic heterocycles. The summed E-state index contributed by atoms with van der Waals surface area (Å²) in [5.41, 5.74) is 1.28. The lowest BCUT2D eigenvalue weighted by Gasteiger charge is -2.23. The van der Waals surface area contributed by atoms with Crippen molar-refractivity contribution in [3.63, 3.8) is 0 Å². The van der Waals surface area contributed by atoms with Crippen LogP contribution in [0.15, 0.2) is 53.4 Å². The highest BCUT2D eigenvalue weighted by molar-refractivity contribution is 7.89. The number of nitrogens with zero attached hydrogens (tertiary/aromatic N) is 3. The fraction of sp³-hybridized carbons (Fsp3) is 0.348. The summed E-state index contributed by atoms with van der Waals surface area (Å²) in [6.07, 6.45) is 1.29. The van der Waals surface area contributed by atoms with Gasteiger partial charge in [0.05, 0.1) is 10.9 Å². The number of carbonyl (C=O) groups excluding carboxylic acids is 1. The van der Waals surface area contributed by atoms with Crippen molar-refractivity contribution < 1.29 is 17.6 Å². The van der Waals surface area contributed by atoms with Gasteiger partial charge >= 0.3 is 0 Å². The minimum absolute atomic E-state index is 0.0759. The molecule has 2 aromatic carbocycles. The number of halogens is 1. The number of hydrogen-bond donors (Lipinski definition) is 1. The van der Waals surface area contributed by atoms with Crippen LogP contribution in [0.1, 0.15) is 60.0 Å². The molecule has 0 unspecified atom stereocenters. The summed E-state index contributed by atoms with van der Waals surface area (Å²) in [5.74, 6) is -0.984. The summed E-state index contributed by atoms with van der Waals surface area (Å²) in [6, 6.07) is 12.0. The molecule has 1 atom stereocenters. The first-order valence-electron chi connectivity index (χ1n) is 10.6. The SMILES string of the molecule is CC(C)(C)c1ccc(S(=O)(=O)N2CCC[C@@H]2c2nnc(C(=O)Nc3cccc(F)c3)s2)cc1. The Kier molecular flexibility index (Phi) is 6.35. The fourth-order valence-electron chi connectivity index (χ4n) is 3.75. The molecule has 1 N–H and O–H groups in total. The van der Waals surface area contributed by atoms with Gasteiger partial charge in [0, 0.05) is 12.2 Å². The zero-order valence-electron chi connectivity index (χ0n) is 18.6. The number of anilines is 1. The van der Waals surface area contributed by atoms with E-state index in [0.29, 0.717) is 30.1 Å². The molecule has 3 aromatic rings. The fourth-order valence-corrected chi connectivity index (χ4v) is 6.36. The first kappa shape index (κ1) is 23.5. The Labute approximate surface area is 196 Å². The lowest BCUT2D eigenvalue weighted by atomic mass is 9.87. The van der Waals surface area contributed by atoms with Crippen molar-refractivity contribution in [2.24, 2.45) is 0 Å². The number of benzene rings is 2. The van der Waals surface area contributed by atoms with Crippen LogP contribution in [0.2, 0.25) is 0 Å². The number of carbonyl (C=O) groups is 1. The van der Waals surface area contributed by atoms with Gasteiger partial charge in [-0.3, -0.25) is 4.79 Å². The van der Waals surface area contributed by atoms with Crippen LogP contribution in [0.4, 0.5) is 10.1 Å². The van der Waals surface area contributed by atoms with Gasteiger partial charge in [-0.2, -0.15) is 4.31 Å². The lowest BCUT2D eigenvalue weighted by molar-refractivity contribution is 0.102. The van der Waals surface area contributed by atoms with Crippen LogP contribution in [0.5, 0.6) is 0 Å². The minimum Gasteiger partial charge on any atom is -0.320 e. The standard InChI is InChI=1S/C23H25FN4O3S2/c1-23(2,3)15-9-11-18(12-10-15)33(30,31)28-13-5-8-19(28)21-26-27-22(32-21)20(29)25-17-7-4-6-16(24)14-17/h4,6-7,9-12,14,19H,5,8,13H2,1-3H3,(H,25,29)/t19-/m1/s1. The second kappa shape index (κ2) is 8.92. The Morgan fingerprint density at radius 1 is 1.15 bits per heavy atom. The van der Waals surface area contributed by atoms with Crippen LogP contribution in [-0.4, -0.2) is 35.4 Å². The van der Waals surface area contributed by atoms with Crippen LogP contribution in [0.25, 0.3) is 0 Å². The largest absolute Gasteiger partial charge is 0.320 e. The molecule has 1 amide bonds. The van der Waals surface area contributed by atoms with Gasteiger partial charge in [0.15, 0.2) is 0 Å². The molecule has 1 fully saturated rings. The van der Waals surface area contributed by atoms with Crippen LogP contribution >= 0.6 is 11.3 Å². The third-order valence-corrected chi connectivity index (χ3v) is 8.48. The normalized spacial score (nSPS) is 17.3. The molecule has 0 bridgehead atoms. The van der Waals surface area contributed by atoms with E-state index >= 15 is 0 Å². The predicted molar refractivity (Wildman–Crippen MR) is 125 cm³/mol. The first-order chi connectivity index (χ1) is 15.6. The molecule has 1 aliphatic heterocycles. The van der Waals surface area contributed by atoms with Gasteiger partial charge in [0.2, 0.25) is 15.0 Å². The molecule has 0 aliphatic carbocycles. The highest BCUT2D eigenvalue weighted by Crippen LogP contribution is 2.38. The number of rotatable bonds is 5. The van der Waals surface area contributed by atoms with E-state index in [1.54, 1.807) is 18.2 Å². The minimum atomic E-state index is -3.73. The number of amides is 1. The van der Waals surface area contributed by atoms with Gasteiger partial charge in [-0.25, -0.2) is 12.8 Å². The molecule has 10 heteroatoms. The molecule has 174 valence electrons. The van der Waals surface area contributed by atoms with Gasteiger partial charge < -0.3 is 5.32 Å². The van der Waals surface area contributed by atoms with E-state index in [1.807, 2.05) is 12.1 Å². The number of aromatic nitrogens is 2. The Balaban J connectivity index is 1.54. The number of nitrogens with one attached hydrogen (secondary N) is 1. The molecule has 2 heterocycles. The third-order valence-electron chi connectivity index (χ3n) is 5.53. The zero-order chi connectivity index (χ0) is 23.8. The van der Waals surface area contributed by atoms with Crippen molar-refractivity contribution >= 4 is 33.0 Å². The second-order valence-electron chi connectivity index (χ2n) is 8.96. The van der Waals surface area contributed by atoms with E-state index in [9.17, 15) is 17.6 Å². The molecule has 1 saturated heterocycles. The average Bonchev–Trinajstić information content (AvgIpc) is 3.43. The van der Waals surface area contributed by atoms with E-state index in [1.165, 1.54) is 22.5 Å². The molecule has 0 saturated carbocycles. The zero-order valence-corrected chi connectivity index (χ0v) is 20.2. The van der Waals surface area contributed by atoms with Gasteiger partial charge in [-0.15, -0.1) is 10.2 Å². The monoisotopic (exact) mass is 488 g/mol. The van der Waals surface area contributed by atoms with Crippen LogP contribution in [-0.2, 0) is 15.4 Å². The van der Waals surface area contributed by atoms with Gasteiger partial charge in [0.1, 0.15) is 10.8 Å². The molecule has 4 rings (SSSR count). The van der Waals surface area contributed by atoms with Gasteiger partial charge in [-0.05, 0) is 54.2 Å². The van der Waals surface area contributed by atoms with E-state index in [4.69, 9.17) is 0 Å². The maximum Gasteiger partial charge on any atom is 0.286 e. The Bertz CT molecular complexity index is 1270. The van der Waals surface area contributed by atoms with Crippen molar-refractivity contribution in [2.45, 2.75) is 50.0 Å². The molecule has 0 radical (unpaired) electrons. The predicted octanol–water partition coefficient (Wildman–Crippen LogP) is 4.75. The van der Waals surface area contributed by atoms with Gasteiger partial charge in [-0.1, -0.05) is 50.3 Å². The molecule has 1 aliphatic rings. The van der Waals surface area contributed by atoms with E-state index in [0.717, 1.165) is 16.9 Å². The summed E-state index contributed by atoms with van der Waals surface area (Å²) in [4.78, 5) is 12.7. The molecule has 0 spiro atoms. The smallest absolute Gasteiger partial charge is 0.286 e. The maximum absolute atomic E-state index is 13.4. The summed E-state index contributed by atoms with van der Waals surface area (Å²) >= 11 is 1.05. The van der Waals surface area contributed by atoms with Crippen molar-refractivity contribution in [1.82, 2.24) is 14.5 Å². The highest BCUT2D eigenvalue weighted by Gasteiger charge is 2.38. The highest BCUT2D eigenvalue weighted by atomic mass is 32.2. The van der Waals surface area contributed by atoms with Crippen LogP contribution in [0.3, 0.4) is 0 Å². The van der Waals surface area contributed by atoms with Gasteiger partial charge in [0.25, 0.3) is 5.91 Å².